The van der Waals surface area contributed by atoms with Crippen molar-refractivity contribution in [2.24, 2.45) is 0 Å². The van der Waals surface area contributed by atoms with Gasteiger partial charge in [0.05, 0.1) is 30.3 Å². The van der Waals surface area contributed by atoms with E-state index in [0.717, 1.165) is 17.5 Å². The fraction of sp³-hybridized carbons (Fsp3) is 0.296. The summed E-state index contributed by atoms with van der Waals surface area (Å²) < 4.78 is 39.6. The van der Waals surface area contributed by atoms with Crippen molar-refractivity contribution in [1.82, 2.24) is 5.32 Å². The van der Waals surface area contributed by atoms with E-state index >= 15 is 0 Å². The molecule has 0 saturated heterocycles. The highest BCUT2D eigenvalue weighted by atomic mass is 32.2. The van der Waals surface area contributed by atoms with Crippen molar-refractivity contribution in [3.05, 3.63) is 83.4 Å². The van der Waals surface area contributed by atoms with Crippen LogP contribution >= 0.6 is 0 Å². The fourth-order valence-electron chi connectivity index (χ4n) is 4.03. The Morgan fingerprint density at radius 3 is 2.43 bits per heavy atom. The van der Waals surface area contributed by atoms with E-state index in [0.29, 0.717) is 17.2 Å². The van der Waals surface area contributed by atoms with Gasteiger partial charge in [-0.25, -0.2) is 8.42 Å². The molecule has 0 radical (unpaired) electrons. The molecule has 1 aliphatic heterocycles. The Balaban J connectivity index is 1.61. The molecule has 7 nitrogen and oxygen atoms in total. The number of anilines is 1. The molecule has 0 fully saturated rings. The minimum Gasteiger partial charge on any atom is -0.497 e. The number of methoxy groups -OCH3 is 1. The zero-order valence-electron chi connectivity index (χ0n) is 20.3. The number of ether oxygens (including phenoxy) is 2. The number of rotatable bonds is 7. The second-order valence-corrected chi connectivity index (χ2v) is 10.5. The third-order valence-electron chi connectivity index (χ3n) is 6.17. The van der Waals surface area contributed by atoms with Gasteiger partial charge in [0.15, 0.2) is 6.10 Å². The number of benzene rings is 3. The number of fused-ring (bicyclic) bond motifs is 1. The molecule has 1 N–H and O–H groups in total. The lowest BCUT2D eigenvalue weighted by molar-refractivity contribution is -0.128. The van der Waals surface area contributed by atoms with Gasteiger partial charge >= 0.3 is 0 Å². The first-order chi connectivity index (χ1) is 16.7. The lowest BCUT2D eigenvalue weighted by Crippen LogP contribution is -2.51. The summed E-state index contributed by atoms with van der Waals surface area (Å²) in [6, 6.07) is 19.3. The molecular formula is C27H30N2O5S. The zero-order chi connectivity index (χ0) is 25.2. The van der Waals surface area contributed by atoms with E-state index < -0.39 is 16.1 Å². The molecule has 0 saturated carbocycles. The summed E-state index contributed by atoms with van der Waals surface area (Å²) in [6.45, 7) is 5.73. The maximum absolute atomic E-state index is 13.6. The number of aryl methyl sites for hydroxylation is 2. The van der Waals surface area contributed by atoms with Crippen molar-refractivity contribution < 1.29 is 22.7 Å². The van der Waals surface area contributed by atoms with Gasteiger partial charge in [-0.05, 0) is 73.4 Å². The lowest BCUT2D eigenvalue weighted by Gasteiger charge is -2.35. The fourth-order valence-corrected chi connectivity index (χ4v) is 5.51. The highest BCUT2D eigenvalue weighted by molar-refractivity contribution is 7.92. The van der Waals surface area contributed by atoms with Crippen LogP contribution in [-0.2, 0) is 21.2 Å². The number of amides is 1. The quantitative estimate of drug-likeness (QED) is 0.526. The van der Waals surface area contributed by atoms with Crippen LogP contribution in [0.5, 0.6) is 11.5 Å². The van der Waals surface area contributed by atoms with Crippen molar-refractivity contribution in [1.29, 1.82) is 0 Å². The SMILES string of the molecule is CCc1ccc([C@H](C)NC(=O)[C@@H]2CN(S(=O)(=O)c3ccc(OC)cc3)c3ccc(C)cc3O2)cc1. The van der Waals surface area contributed by atoms with E-state index in [2.05, 4.69) is 12.2 Å². The van der Waals surface area contributed by atoms with Crippen molar-refractivity contribution >= 4 is 21.6 Å². The number of hydrogen-bond donors (Lipinski definition) is 1. The topological polar surface area (TPSA) is 84.9 Å². The van der Waals surface area contributed by atoms with Crippen LogP contribution in [0.3, 0.4) is 0 Å². The number of hydrogen-bond acceptors (Lipinski definition) is 5. The Morgan fingerprint density at radius 2 is 1.80 bits per heavy atom. The summed E-state index contributed by atoms with van der Waals surface area (Å²) in [4.78, 5) is 13.3. The monoisotopic (exact) mass is 494 g/mol. The summed E-state index contributed by atoms with van der Waals surface area (Å²) in [7, 11) is -2.43. The maximum atomic E-state index is 13.6. The summed E-state index contributed by atoms with van der Waals surface area (Å²) in [5, 5.41) is 2.97. The highest BCUT2D eigenvalue weighted by Crippen LogP contribution is 2.38. The van der Waals surface area contributed by atoms with Crippen LogP contribution < -0.4 is 19.1 Å². The summed E-state index contributed by atoms with van der Waals surface area (Å²) in [5.41, 5.74) is 3.48. The minimum absolute atomic E-state index is 0.107. The lowest BCUT2D eigenvalue weighted by atomic mass is 10.0. The van der Waals surface area contributed by atoms with Gasteiger partial charge in [0.25, 0.3) is 15.9 Å². The summed E-state index contributed by atoms with van der Waals surface area (Å²) in [6.07, 6.45) is -0.0662. The van der Waals surface area contributed by atoms with Crippen molar-refractivity contribution in [2.75, 3.05) is 18.0 Å². The molecule has 0 spiro atoms. The third kappa shape index (κ3) is 5.12. The normalized spacial score (nSPS) is 16.1. The molecule has 1 heterocycles. The van der Waals surface area contributed by atoms with E-state index in [-0.39, 0.29) is 23.4 Å². The molecule has 4 rings (SSSR count). The highest BCUT2D eigenvalue weighted by Gasteiger charge is 2.38. The van der Waals surface area contributed by atoms with Crippen LogP contribution in [0, 0.1) is 6.92 Å². The molecule has 0 bridgehead atoms. The number of sulfonamides is 1. The third-order valence-corrected chi connectivity index (χ3v) is 7.97. The second kappa shape index (κ2) is 10.00. The zero-order valence-corrected chi connectivity index (χ0v) is 21.1. The van der Waals surface area contributed by atoms with Crippen molar-refractivity contribution in [3.63, 3.8) is 0 Å². The van der Waals surface area contributed by atoms with Gasteiger partial charge in [0.1, 0.15) is 11.5 Å². The van der Waals surface area contributed by atoms with E-state index in [1.807, 2.05) is 44.2 Å². The second-order valence-electron chi connectivity index (χ2n) is 8.61. The van der Waals surface area contributed by atoms with Gasteiger partial charge in [0, 0.05) is 0 Å². The number of carbonyl (C=O) groups is 1. The Kier molecular flexibility index (Phi) is 7.03. The molecular weight excluding hydrogens is 464 g/mol. The Morgan fingerprint density at radius 1 is 1.11 bits per heavy atom. The van der Waals surface area contributed by atoms with Crippen LogP contribution in [0.25, 0.3) is 0 Å². The van der Waals surface area contributed by atoms with Crippen molar-refractivity contribution in [2.45, 2.75) is 44.2 Å². The molecule has 0 aliphatic carbocycles. The van der Waals surface area contributed by atoms with Crippen LogP contribution in [0.2, 0.25) is 0 Å². The standard InChI is InChI=1S/C27H30N2O5S/c1-5-20-7-9-21(10-8-20)19(3)28-27(30)26-17-29(24-15-6-18(2)16-25(24)34-26)35(31,32)23-13-11-22(33-4)12-14-23/h6-16,19,26H,5,17H2,1-4H3,(H,28,30)/t19-,26-/m0/s1. The first-order valence-corrected chi connectivity index (χ1v) is 13.0. The van der Waals surface area contributed by atoms with E-state index in [1.165, 1.54) is 29.1 Å². The molecule has 3 aromatic rings. The molecule has 1 amide bonds. The molecule has 0 unspecified atom stereocenters. The maximum Gasteiger partial charge on any atom is 0.264 e. The van der Waals surface area contributed by atoms with Gasteiger partial charge in [0.2, 0.25) is 0 Å². The Hall–Kier alpha value is -3.52. The molecule has 0 aromatic heterocycles. The first-order valence-electron chi connectivity index (χ1n) is 11.6. The first kappa shape index (κ1) is 24.6. The minimum atomic E-state index is -3.95. The molecule has 35 heavy (non-hydrogen) atoms. The average molecular weight is 495 g/mol. The summed E-state index contributed by atoms with van der Waals surface area (Å²) in [5.74, 6) is 0.535. The Bertz CT molecular complexity index is 1300. The predicted octanol–water partition coefficient (Wildman–Crippen LogP) is 4.40. The number of nitrogens with one attached hydrogen (secondary N) is 1. The van der Waals surface area contributed by atoms with Crippen LogP contribution in [0.4, 0.5) is 5.69 Å². The van der Waals surface area contributed by atoms with Gasteiger partial charge in [-0.3, -0.25) is 9.10 Å². The summed E-state index contributed by atoms with van der Waals surface area (Å²) >= 11 is 0. The van der Waals surface area contributed by atoms with Crippen molar-refractivity contribution in [3.8, 4) is 11.5 Å². The molecule has 184 valence electrons. The van der Waals surface area contributed by atoms with E-state index in [1.54, 1.807) is 24.3 Å². The molecule has 8 heteroatoms. The van der Waals surface area contributed by atoms with Gasteiger partial charge in [-0.15, -0.1) is 0 Å². The van der Waals surface area contributed by atoms with Crippen LogP contribution in [0.1, 0.15) is 36.6 Å². The van der Waals surface area contributed by atoms with Gasteiger partial charge in [-0.2, -0.15) is 0 Å². The predicted molar refractivity (Wildman–Crippen MR) is 135 cm³/mol. The molecule has 1 aliphatic rings. The largest absolute Gasteiger partial charge is 0.497 e. The van der Waals surface area contributed by atoms with E-state index in [9.17, 15) is 13.2 Å². The smallest absolute Gasteiger partial charge is 0.264 e. The van der Waals surface area contributed by atoms with E-state index in [4.69, 9.17) is 9.47 Å². The number of nitrogens with zero attached hydrogens (tertiary/aromatic N) is 1. The average Bonchev–Trinajstić information content (AvgIpc) is 2.87. The van der Waals surface area contributed by atoms with Crippen LogP contribution in [0.15, 0.2) is 71.6 Å². The molecule has 3 aromatic carbocycles. The van der Waals surface area contributed by atoms with Gasteiger partial charge in [-0.1, -0.05) is 37.3 Å². The van der Waals surface area contributed by atoms with Gasteiger partial charge < -0.3 is 14.8 Å². The number of carbonyl (C=O) groups excluding carboxylic acids is 1. The Labute approximate surface area is 206 Å². The molecule has 2 atom stereocenters. The van der Waals surface area contributed by atoms with Crippen LogP contribution in [-0.4, -0.2) is 34.1 Å².